The van der Waals surface area contributed by atoms with E-state index < -0.39 is 22.5 Å². The summed E-state index contributed by atoms with van der Waals surface area (Å²) < 4.78 is 28.1. The van der Waals surface area contributed by atoms with Crippen molar-refractivity contribution in [3.05, 3.63) is 63.2 Å². The van der Waals surface area contributed by atoms with E-state index in [0.29, 0.717) is 6.54 Å². The number of hydrogen-bond acceptors (Lipinski definition) is 6. The number of carbonyl (C=O) groups is 1. The maximum atomic E-state index is 14.2. The number of fused-ring (bicyclic) bond motifs is 1. The van der Waals surface area contributed by atoms with Gasteiger partial charge < -0.3 is 4.90 Å². The predicted molar refractivity (Wildman–Crippen MR) is 117 cm³/mol. The first-order valence-corrected chi connectivity index (χ1v) is 10.6. The highest BCUT2D eigenvalue weighted by atomic mass is 32.1. The number of thiazole rings is 1. The van der Waals surface area contributed by atoms with Gasteiger partial charge in [-0.3, -0.25) is 19.8 Å². The molecule has 7 nitrogen and oxygen atoms in total. The highest BCUT2D eigenvalue weighted by Crippen LogP contribution is 2.33. The second-order valence-corrected chi connectivity index (χ2v) is 7.93. The average molecular weight is 448 g/mol. The van der Waals surface area contributed by atoms with E-state index in [1.165, 1.54) is 36.1 Å². The van der Waals surface area contributed by atoms with Crippen molar-refractivity contribution in [3.63, 3.8) is 0 Å². The zero-order valence-corrected chi connectivity index (χ0v) is 18.2. The van der Waals surface area contributed by atoms with Crippen molar-refractivity contribution in [1.82, 2.24) is 9.88 Å². The number of aromatic nitrogens is 1. The van der Waals surface area contributed by atoms with E-state index in [1.807, 2.05) is 13.8 Å². The quantitative estimate of drug-likeness (QED) is 0.366. The van der Waals surface area contributed by atoms with Gasteiger partial charge in [0, 0.05) is 36.3 Å². The molecule has 0 spiro atoms. The highest BCUT2D eigenvalue weighted by molar-refractivity contribution is 7.22. The van der Waals surface area contributed by atoms with E-state index in [0.717, 1.165) is 30.5 Å². The summed E-state index contributed by atoms with van der Waals surface area (Å²) in [5.74, 6) is -2.01. The summed E-state index contributed by atoms with van der Waals surface area (Å²) in [6.07, 6.45) is 0. The number of nitrogens with zero attached hydrogens (tertiary/aromatic N) is 4. The summed E-state index contributed by atoms with van der Waals surface area (Å²) in [6.45, 7) is 7.82. The maximum Gasteiger partial charge on any atom is 0.273 e. The fourth-order valence-electron chi connectivity index (χ4n) is 3.32. The molecule has 1 amide bonds. The normalized spacial score (nSPS) is 11.3. The van der Waals surface area contributed by atoms with Gasteiger partial charge in [0.25, 0.3) is 11.6 Å². The topological polar surface area (TPSA) is 79.6 Å². The zero-order chi connectivity index (χ0) is 22.7. The van der Waals surface area contributed by atoms with Crippen LogP contribution in [0.15, 0.2) is 30.3 Å². The lowest BCUT2D eigenvalue weighted by Crippen LogP contribution is -2.39. The molecule has 0 aliphatic rings. The summed E-state index contributed by atoms with van der Waals surface area (Å²) in [6, 6.07) is 6.23. The smallest absolute Gasteiger partial charge is 0.273 e. The Kier molecular flexibility index (Phi) is 6.91. The number of nitro groups is 1. The van der Waals surface area contributed by atoms with Gasteiger partial charge in [-0.2, -0.15) is 0 Å². The van der Waals surface area contributed by atoms with Crippen molar-refractivity contribution in [2.45, 2.75) is 20.8 Å². The van der Waals surface area contributed by atoms with Gasteiger partial charge in [0.1, 0.15) is 11.3 Å². The van der Waals surface area contributed by atoms with Crippen LogP contribution in [0.5, 0.6) is 0 Å². The monoisotopic (exact) mass is 448 g/mol. The molecular formula is C21H22F2N4O3S. The SMILES string of the molecule is CCN(CC)CCN(C(=O)c1cccc([N+](=O)[O-])c1C)c1nc2c(F)cc(F)cc2s1. The van der Waals surface area contributed by atoms with Gasteiger partial charge in [0.15, 0.2) is 10.9 Å². The summed E-state index contributed by atoms with van der Waals surface area (Å²) >= 11 is 1.00. The average Bonchev–Trinajstić information content (AvgIpc) is 3.14. The molecule has 0 saturated heterocycles. The number of carbonyl (C=O) groups excluding carboxylic acids is 1. The van der Waals surface area contributed by atoms with Crippen LogP contribution < -0.4 is 4.90 Å². The number of anilines is 1. The Labute approximate surface area is 182 Å². The lowest BCUT2D eigenvalue weighted by Gasteiger charge is -2.25. The molecule has 1 aromatic heterocycles. The molecule has 0 radical (unpaired) electrons. The van der Waals surface area contributed by atoms with Crippen LogP contribution in [0.25, 0.3) is 10.2 Å². The van der Waals surface area contributed by atoms with E-state index in [9.17, 15) is 23.7 Å². The second-order valence-electron chi connectivity index (χ2n) is 6.92. The fourth-order valence-corrected chi connectivity index (χ4v) is 4.35. The summed E-state index contributed by atoms with van der Waals surface area (Å²) in [7, 11) is 0. The predicted octanol–water partition coefficient (Wildman–Crippen LogP) is 4.78. The standard InChI is InChI=1S/C21H22F2N4O3S/c1-4-25(5-2)9-10-26(20(28)15-7-6-8-17(13(15)3)27(29)30)21-24-19-16(23)11-14(22)12-18(19)31-21/h6-8,11-12H,4-5,9-10H2,1-3H3. The van der Waals surface area contributed by atoms with Crippen LogP contribution in [0.4, 0.5) is 19.6 Å². The molecule has 0 N–H and O–H groups in total. The molecule has 10 heteroatoms. The van der Waals surface area contributed by atoms with Crippen LogP contribution in [0.2, 0.25) is 0 Å². The van der Waals surface area contributed by atoms with Crippen molar-refractivity contribution in [3.8, 4) is 0 Å². The third-order valence-corrected chi connectivity index (χ3v) is 6.17. The van der Waals surface area contributed by atoms with Crippen LogP contribution in [0.1, 0.15) is 29.8 Å². The molecule has 1 heterocycles. The number of likely N-dealkylation sites (N-methyl/N-ethyl adjacent to an activating group) is 1. The Morgan fingerprint density at radius 1 is 1.19 bits per heavy atom. The van der Waals surface area contributed by atoms with Gasteiger partial charge in [-0.1, -0.05) is 31.3 Å². The fraction of sp³-hybridized carbons (Fsp3) is 0.333. The molecule has 164 valence electrons. The molecule has 0 bridgehead atoms. The van der Waals surface area contributed by atoms with Crippen molar-refractivity contribution in [2.24, 2.45) is 0 Å². The Morgan fingerprint density at radius 2 is 1.90 bits per heavy atom. The first-order valence-electron chi connectivity index (χ1n) is 9.80. The van der Waals surface area contributed by atoms with Gasteiger partial charge in [-0.05, 0) is 32.1 Å². The first-order chi connectivity index (χ1) is 14.8. The number of halogens is 2. The van der Waals surface area contributed by atoms with Crippen molar-refractivity contribution < 1.29 is 18.5 Å². The number of amides is 1. The van der Waals surface area contributed by atoms with Crippen molar-refractivity contribution in [2.75, 3.05) is 31.1 Å². The summed E-state index contributed by atoms with van der Waals surface area (Å²) in [5.41, 5.74) is 0.230. The number of nitro benzene ring substituents is 1. The Hall–Kier alpha value is -2.98. The van der Waals surface area contributed by atoms with Gasteiger partial charge in [0.2, 0.25) is 0 Å². The van der Waals surface area contributed by atoms with Crippen LogP contribution in [0, 0.1) is 28.7 Å². The van der Waals surface area contributed by atoms with Crippen LogP contribution in [-0.4, -0.2) is 46.9 Å². The third kappa shape index (κ3) is 4.70. The minimum absolute atomic E-state index is 0.0159. The first kappa shape index (κ1) is 22.7. The molecule has 0 aliphatic carbocycles. The van der Waals surface area contributed by atoms with Gasteiger partial charge in [-0.15, -0.1) is 0 Å². The van der Waals surface area contributed by atoms with Crippen LogP contribution >= 0.6 is 11.3 Å². The van der Waals surface area contributed by atoms with E-state index in [4.69, 9.17) is 0 Å². The minimum atomic E-state index is -0.805. The molecule has 2 aromatic carbocycles. The lowest BCUT2D eigenvalue weighted by atomic mass is 10.1. The van der Waals surface area contributed by atoms with Gasteiger partial charge in [-0.25, -0.2) is 13.8 Å². The van der Waals surface area contributed by atoms with Crippen LogP contribution in [0.3, 0.4) is 0 Å². The van der Waals surface area contributed by atoms with Crippen molar-refractivity contribution >= 4 is 38.3 Å². The molecule has 3 rings (SSSR count). The zero-order valence-electron chi connectivity index (χ0n) is 17.4. The molecule has 31 heavy (non-hydrogen) atoms. The highest BCUT2D eigenvalue weighted by Gasteiger charge is 2.26. The van der Waals surface area contributed by atoms with E-state index in [2.05, 4.69) is 9.88 Å². The minimum Gasteiger partial charge on any atom is -0.302 e. The lowest BCUT2D eigenvalue weighted by molar-refractivity contribution is -0.385. The Bertz CT molecular complexity index is 1130. The molecule has 3 aromatic rings. The summed E-state index contributed by atoms with van der Waals surface area (Å²) in [4.78, 5) is 31.9. The van der Waals surface area contributed by atoms with Crippen molar-refractivity contribution in [1.29, 1.82) is 0 Å². The maximum absolute atomic E-state index is 14.2. The molecule has 0 fully saturated rings. The Morgan fingerprint density at radius 3 is 2.55 bits per heavy atom. The Balaban J connectivity index is 2.07. The van der Waals surface area contributed by atoms with E-state index in [-0.39, 0.29) is 38.7 Å². The molecule has 0 atom stereocenters. The third-order valence-electron chi connectivity index (χ3n) is 5.14. The largest absolute Gasteiger partial charge is 0.302 e. The second kappa shape index (κ2) is 9.44. The number of benzene rings is 2. The summed E-state index contributed by atoms with van der Waals surface area (Å²) in [5, 5.41) is 11.5. The molecule has 0 saturated carbocycles. The van der Waals surface area contributed by atoms with E-state index >= 15 is 0 Å². The molecule has 0 unspecified atom stereocenters. The van der Waals surface area contributed by atoms with Gasteiger partial charge >= 0.3 is 0 Å². The van der Waals surface area contributed by atoms with Crippen LogP contribution in [-0.2, 0) is 0 Å². The molecular weight excluding hydrogens is 426 g/mol. The number of rotatable bonds is 8. The number of hydrogen-bond donors (Lipinski definition) is 0. The van der Waals surface area contributed by atoms with E-state index in [1.54, 1.807) is 0 Å². The molecule has 0 aliphatic heterocycles. The van der Waals surface area contributed by atoms with Gasteiger partial charge in [0.05, 0.1) is 9.62 Å².